The van der Waals surface area contributed by atoms with Gasteiger partial charge in [-0.2, -0.15) is 5.10 Å². The van der Waals surface area contributed by atoms with Gasteiger partial charge in [-0.25, -0.2) is 9.67 Å². The molecule has 0 aromatic carbocycles. The van der Waals surface area contributed by atoms with E-state index in [1.54, 1.807) is 17.7 Å². The summed E-state index contributed by atoms with van der Waals surface area (Å²) in [6, 6.07) is 2.78. The van der Waals surface area contributed by atoms with E-state index in [0.717, 1.165) is 16.7 Å². The first-order valence-electron chi connectivity index (χ1n) is 5.91. The number of nitrogens with one attached hydrogen (secondary N) is 1. The number of thiophene rings is 1. The number of hydrogen-bond acceptors (Lipinski definition) is 4. The molecule has 1 atom stereocenters. The first-order valence-corrected chi connectivity index (χ1v) is 7.58. The predicted octanol–water partition coefficient (Wildman–Crippen LogP) is 3.19. The fourth-order valence-electron chi connectivity index (χ4n) is 1.89. The molecule has 0 aliphatic rings. The molecule has 2 aromatic heterocycles. The molecule has 0 bridgehead atoms. The van der Waals surface area contributed by atoms with Gasteiger partial charge in [0, 0.05) is 33.2 Å². The van der Waals surface area contributed by atoms with Crippen molar-refractivity contribution in [2.45, 2.75) is 32.4 Å². The smallest absolute Gasteiger partial charge is 0.138 e. The molecule has 0 aliphatic carbocycles. The molecular weight excluding hydrogens is 312 g/mol. The van der Waals surface area contributed by atoms with Crippen LogP contribution < -0.4 is 5.32 Å². The Morgan fingerprint density at radius 3 is 2.83 bits per heavy atom. The van der Waals surface area contributed by atoms with Gasteiger partial charge in [-0.15, -0.1) is 11.3 Å². The van der Waals surface area contributed by atoms with E-state index >= 15 is 0 Å². The summed E-state index contributed by atoms with van der Waals surface area (Å²) in [6.07, 6.45) is 2.48. The van der Waals surface area contributed by atoms with Crippen LogP contribution in [-0.4, -0.2) is 21.8 Å². The quantitative estimate of drug-likeness (QED) is 0.916. The summed E-state index contributed by atoms with van der Waals surface area (Å²) in [4.78, 5) is 5.67. The molecule has 0 aliphatic heterocycles. The molecule has 2 rings (SSSR count). The third kappa shape index (κ3) is 2.99. The van der Waals surface area contributed by atoms with Crippen LogP contribution in [0.1, 0.15) is 36.6 Å². The van der Waals surface area contributed by atoms with E-state index in [1.165, 1.54) is 4.88 Å². The highest BCUT2D eigenvalue weighted by Gasteiger charge is 2.16. The van der Waals surface area contributed by atoms with Gasteiger partial charge in [0.15, 0.2) is 0 Å². The van der Waals surface area contributed by atoms with Crippen molar-refractivity contribution >= 4 is 27.3 Å². The number of halogens is 1. The number of likely N-dealkylation sites (N-methyl/N-ethyl adjacent to an activating group) is 1. The van der Waals surface area contributed by atoms with Crippen LogP contribution in [0.2, 0.25) is 0 Å². The van der Waals surface area contributed by atoms with Gasteiger partial charge in [-0.05, 0) is 42.9 Å². The number of nitrogens with zero attached hydrogens (tertiary/aromatic N) is 3. The molecule has 0 saturated heterocycles. The molecule has 98 valence electrons. The van der Waals surface area contributed by atoms with Gasteiger partial charge >= 0.3 is 0 Å². The van der Waals surface area contributed by atoms with Crippen molar-refractivity contribution in [1.82, 2.24) is 20.1 Å². The average Bonchev–Trinajstić information content (AvgIpc) is 2.94. The van der Waals surface area contributed by atoms with Gasteiger partial charge in [0.25, 0.3) is 0 Å². The second kappa shape index (κ2) is 5.95. The van der Waals surface area contributed by atoms with E-state index < -0.39 is 0 Å². The summed E-state index contributed by atoms with van der Waals surface area (Å²) >= 11 is 5.25. The zero-order valence-electron chi connectivity index (χ0n) is 10.7. The van der Waals surface area contributed by atoms with E-state index in [4.69, 9.17) is 0 Å². The summed E-state index contributed by atoms with van der Waals surface area (Å²) in [6.45, 7) is 4.24. The van der Waals surface area contributed by atoms with Crippen LogP contribution in [-0.2, 0) is 6.42 Å². The van der Waals surface area contributed by atoms with E-state index in [0.29, 0.717) is 6.04 Å². The second-order valence-corrected chi connectivity index (χ2v) is 6.29. The lowest BCUT2D eigenvalue weighted by Gasteiger charge is -2.16. The standard InChI is InChI=1S/C12H17BrN4S/c1-8(2)17-12(15-7-16-17)5-10(14-3)11-4-9(13)6-18-11/h4,6-8,10,14H,5H2,1-3H3. The Balaban J connectivity index is 2.18. The second-order valence-electron chi connectivity index (χ2n) is 4.43. The molecule has 2 heterocycles. The van der Waals surface area contributed by atoms with Crippen molar-refractivity contribution in [3.63, 3.8) is 0 Å². The molecule has 0 amide bonds. The van der Waals surface area contributed by atoms with Crippen LogP contribution >= 0.6 is 27.3 Å². The van der Waals surface area contributed by atoms with Gasteiger partial charge < -0.3 is 5.32 Å². The van der Waals surface area contributed by atoms with E-state index in [1.807, 2.05) is 11.7 Å². The van der Waals surface area contributed by atoms with Crippen molar-refractivity contribution in [3.05, 3.63) is 32.9 Å². The lowest BCUT2D eigenvalue weighted by atomic mass is 10.1. The Bertz CT molecular complexity index is 506. The number of hydrogen-bond donors (Lipinski definition) is 1. The summed E-state index contributed by atoms with van der Waals surface area (Å²) in [5.41, 5.74) is 0. The zero-order valence-corrected chi connectivity index (χ0v) is 13.1. The highest BCUT2D eigenvalue weighted by molar-refractivity contribution is 9.10. The molecule has 6 heteroatoms. The minimum atomic E-state index is 0.281. The van der Waals surface area contributed by atoms with Crippen molar-refractivity contribution in [3.8, 4) is 0 Å². The van der Waals surface area contributed by atoms with Crippen LogP contribution in [0.5, 0.6) is 0 Å². The summed E-state index contributed by atoms with van der Waals surface area (Å²) in [5.74, 6) is 1.02. The van der Waals surface area contributed by atoms with Crippen molar-refractivity contribution in [2.75, 3.05) is 7.05 Å². The molecule has 0 radical (unpaired) electrons. The maximum Gasteiger partial charge on any atom is 0.138 e. The fraction of sp³-hybridized carbons (Fsp3) is 0.500. The maximum atomic E-state index is 4.36. The van der Waals surface area contributed by atoms with E-state index in [2.05, 4.69) is 56.6 Å². The molecule has 4 nitrogen and oxygen atoms in total. The van der Waals surface area contributed by atoms with Gasteiger partial charge in [0.05, 0.1) is 0 Å². The van der Waals surface area contributed by atoms with E-state index in [-0.39, 0.29) is 6.04 Å². The zero-order chi connectivity index (χ0) is 13.1. The molecule has 1 N–H and O–H groups in total. The monoisotopic (exact) mass is 328 g/mol. The highest BCUT2D eigenvalue weighted by Crippen LogP contribution is 2.27. The third-order valence-corrected chi connectivity index (χ3v) is 4.61. The molecular formula is C12H17BrN4S. The predicted molar refractivity (Wildman–Crippen MR) is 77.9 cm³/mol. The third-order valence-electron chi connectivity index (χ3n) is 2.80. The lowest BCUT2D eigenvalue weighted by Crippen LogP contribution is -2.20. The van der Waals surface area contributed by atoms with Crippen LogP contribution in [0, 0.1) is 0 Å². The Kier molecular flexibility index (Phi) is 4.53. The van der Waals surface area contributed by atoms with Crippen molar-refractivity contribution in [1.29, 1.82) is 0 Å². The maximum absolute atomic E-state index is 4.36. The minimum Gasteiger partial charge on any atom is -0.312 e. The topological polar surface area (TPSA) is 42.7 Å². The first kappa shape index (κ1) is 13.7. The summed E-state index contributed by atoms with van der Waals surface area (Å²) in [7, 11) is 1.98. The molecule has 2 aromatic rings. The summed E-state index contributed by atoms with van der Waals surface area (Å²) in [5, 5.41) is 9.72. The number of aromatic nitrogens is 3. The molecule has 0 saturated carbocycles. The molecule has 18 heavy (non-hydrogen) atoms. The van der Waals surface area contributed by atoms with Crippen molar-refractivity contribution in [2.24, 2.45) is 0 Å². The molecule has 0 fully saturated rings. The first-order chi connectivity index (χ1) is 8.61. The van der Waals surface area contributed by atoms with Gasteiger partial charge in [-0.1, -0.05) is 0 Å². The van der Waals surface area contributed by atoms with E-state index in [9.17, 15) is 0 Å². The average molecular weight is 329 g/mol. The minimum absolute atomic E-state index is 0.281. The SMILES string of the molecule is CNC(Cc1ncnn1C(C)C)c1cc(Br)cs1. The Morgan fingerprint density at radius 1 is 1.50 bits per heavy atom. The van der Waals surface area contributed by atoms with Crippen molar-refractivity contribution < 1.29 is 0 Å². The van der Waals surface area contributed by atoms with Gasteiger partial charge in [0.2, 0.25) is 0 Å². The van der Waals surface area contributed by atoms with Crippen LogP contribution in [0.3, 0.4) is 0 Å². The van der Waals surface area contributed by atoms with Crippen LogP contribution in [0.15, 0.2) is 22.2 Å². The Morgan fingerprint density at radius 2 is 2.28 bits per heavy atom. The molecule has 0 spiro atoms. The normalized spacial score (nSPS) is 13.2. The fourth-order valence-corrected chi connectivity index (χ4v) is 3.45. The number of rotatable bonds is 5. The largest absolute Gasteiger partial charge is 0.312 e. The molecule has 1 unspecified atom stereocenters. The summed E-state index contributed by atoms with van der Waals surface area (Å²) < 4.78 is 3.11. The Labute approximate surface area is 120 Å². The lowest BCUT2D eigenvalue weighted by molar-refractivity contribution is 0.480. The van der Waals surface area contributed by atoms with Crippen LogP contribution in [0.25, 0.3) is 0 Å². The Hall–Kier alpha value is -0.720. The van der Waals surface area contributed by atoms with Crippen LogP contribution in [0.4, 0.5) is 0 Å². The van der Waals surface area contributed by atoms with Gasteiger partial charge in [0.1, 0.15) is 12.2 Å². The van der Waals surface area contributed by atoms with Gasteiger partial charge in [-0.3, -0.25) is 0 Å². The highest BCUT2D eigenvalue weighted by atomic mass is 79.9.